The minimum atomic E-state index is -0.146. The van der Waals surface area contributed by atoms with Gasteiger partial charge in [-0.05, 0) is 37.3 Å². The zero-order valence-electron chi connectivity index (χ0n) is 15.5. The Labute approximate surface area is 161 Å². The van der Waals surface area contributed by atoms with Gasteiger partial charge in [-0.2, -0.15) is 5.10 Å². The van der Waals surface area contributed by atoms with Crippen molar-refractivity contribution in [2.75, 3.05) is 7.05 Å². The minimum absolute atomic E-state index is 0.00957. The maximum atomic E-state index is 11.9. The first-order valence-corrected chi connectivity index (χ1v) is 8.85. The van der Waals surface area contributed by atoms with Crippen LogP contribution in [0.4, 0.5) is 0 Å². The van der Waals surface area contributed by atoms with Crippen LogP contribution in [0.5, 0.6) is 0 Å². The molecule has 0 atom stereocenters. The molecule has 138 valence electrons. The SMILES string of the molecule is CNC(=O)c1cccc(-c2ccc3ncc(-c4cccc(C(C)=O)c4)n3n2)c1. The molecule has 6 nitrogen and oxygen atoms in total. The van der Waals surface area contributed by atoms with E-state index in [4.69, 9.17) is 5.10 Å². The summed E-state index contributed by atoms with van der Waals surface area (Å²) < 4.78 is 1.75. The summed E-state index contributed by atoms with van der Waals surface area (Å²) in [5.41, 5.74) is 5.13. The van der Waals surface area contributed by atoms with E-state index in [0.29, 0.717) is 16.8 Å². The van der Waals surface area contributed by atoms with Gasteiger partial charge in [0.2, 0.25) is 0 Å². The van der Waals surface area contributed by atoms with Crippen LogP contribution in [0, 0.1) is 0 Å². The number of nitrogens with zero attached hydrogens (tertiary/aromatic N) is 3. The lowest BCUT2D eigenvalue weighted by Crippen LogP contribution is -2.17. The quantitative estimate of drug-likeness (QED) is 0.557. The second kappa shape index (κ2) is 7.08. The lowest BCUT2D eigenvalue weighted by molar-refractivity contribution is 0.0962. The van der Waals surface area contributed by atoms with E-state index in [2.05, 4.69) is 10.3 Å². The molecule has 0 aliphatic carbocycles. The van der Waals surface area contributed by atoms with E-state index in [9.17, 15) is 9.59 Å². The number of carbonyl (C=O) groups is 2. The molecule has 2 aromatic heterocycles. The molecule has 0 unspecified atom stereocenters. The van der Waals surface area contributed by atoms with Crippen molar-refractivity contribution in [2.45, 2.75) is 6.92 Å². The summed E-state index contributed by atoms with van der Waals surface area (Å²) in [6.07, 6.45) is 1.74. The maximum absolute atomic E-state index is 11.9. The van der Waals surface area contributed by atoms with E-state index < -0.39 is 0 Å². The molecule has 0 aliphatic rings. The Morgan fingerprint density at radius 3 is 2.39 bits per heavy atom. The van der Waals surface area contributed by atoms with E-state index in [-0.39, 0.29) is 11.7 Å². The van der Waals surface area contributed by atoms with E-state index >= 15 is 0 Å². The van der Waals surface area contributed by atoms with Crippen LogP contribution in [0.2, 0.25) is 0 Å². The van der Waals surface area contributed by atoms with Crippen LogP contribution in [0.25, 0.3) is 28.2 Å². The second-order valence-corrected chi connectivity index (χ2v) is 6.43. The van der Waals surface area contributed by atoms with E-state index in [1.165, 1.54) is 0 Å². The van der Waals surface area contributed by atoms with Crippen LogP contribution >= 0.6 is 0 Å². The van der Waals surface area contributed by atoms with Crippen molar-refractivity contribution in [3.8, 4) is 22.5 Å². The number of benzene rings is 2. The topological polar surface area (TPSA) is 76.4 Å². The number of carbonyl (C=O) groups excluding carboxylic acids is 2. The Kier molecular flexibility index (Phi) is 4.45. The number of ketones is 1. The second-order valence-electron chi connectivity index (χ2n) is 6.43. The molecule has 28 heavy (non-hydrogen) atoms. The van der Waals surface area contributed by atoms with Crippen molar-refractivity contribution in [2.24, 2.45) is 0 Å². The Bertz CT molecular complexity index is 1210. The lowest BCUT2D eigenvalue weighted by atomic mass is 10.1. The molecule has 0 bridgehead atoms. The monoisotopic (exact) mass is 370 g/mol. The van der Waals surface area contributed by atoms with Crippen molar-refractivity contribution < 1.29 is 9.59 Å². The molecule has 2 heterocycles. The molecule has 4 rings (SSSR count). The number of amides is 1. The van der Waals surface area contributed by atoms with Crippen LogP contribution in [0.1, 0.15) is 27.6 Å². The average Bonchev–Trinajstić information content (AvgIpc) is 3.16. The fourth-order valence-corrected chi connectivity index (χ4v) is 3.09. The summed E-state index contributed by atoms with van der Waals surface area (Å²) in [5, 5.41) is 7.35. The normalized spacial score (nSPS) is 10.8. The maximum Gasteiger partial charge on any atom is 0.251 e. The predicted molar refractivity (Wildman–Crippen MR) is 107 cm³/mol. The Balaban J connectivity index is 1.82. The number of hydrogen-bond donors (Lipinski definition) is 1. The van der Waals surface area contributed by atoms with Gasteiger partial charge in [0, 0.05) is 29.3 Å². The highest BCUT2D eigenvalue weighted by atomic mass is 16.1. The number of rotatable bonds is 4. The van der Waals surface area contributed by atoms with Gasteiger partial charge in [0.1, 0.15) is 0 Å². The summed E-state index contributed by atoms with van der Waals surface area (Å²) in [6.45, 7) is 1.55. The highest BCUT2D eigenvalue weighted by molar-refractivity contribution is 5.95. The number of aromatic nitrogens is 3. The summed E-state index contributed by atoms with van der Waals surface area (Å²) in [4.78, 5) is 28.0. The Morgan fingerprint density at radius 2 is 1.64 bits per heavy atom. The third kappa shape index (κ3) is 3.16. The van der Waals surface area contributed by atoms with Crippen LogP contribution < -0.4 is 5.32 Å². The Morgan fingerprint density at radius 1 is 0.929 bits per heavy atom. The van der Waals surface area contributed by atoms with Crippen molar-refractivity contribution >= 4 is 17.3 Å². The zero-order chi connectivity index (χ0) is 19.7. The number of fused-ring (bicyclic) bond motifs is 1. The molecule has 6 heteroatoms. The molecule has 0 saturated heterocycles. The summed E-state index contributed by atoms with van der Waals surface area (Å²) in [6, 6.07) is 18.5. The zero-order valence-corrected chi connectivity index (χ0v) is 15.5. The van der Waals surface area contributed by atoms with E-state index in [1.807, 2.05) is 42.5 Å². The lowest BCUT2D eigenvalue weighted by Gasteiger charge is -2.07. The van der Waals surface area contributed by atoms with Gasteiger partial charge in [-0.25, -0.2) is 9.50 Å². The predicted octanol–water partition coefficient (Wildman–Crippen LogP) is 3.63. The first kappa shape index (κ1) is 17.6. The number of Topliss-reactive ketones (excluding diaryl/α,β-unsaturated/α-hetero) is 1. The van der Waals surface area contributed by atoms with E-state index in [0.717, 1.165) is 22.5 Å². The van der Waals surface area contributed by atoms with Gasteiger partial charge in [0.25, 0.3) is 5.91 Å². The van der Waals surface area contributed by atoms with E-state index in [1.54, 1.807) is 42.9 Å². The number of nitrogens with one attached hydrogen (secondary N) is 1. The van der Waals surface area contributed by atoms with Crippen LogP contribution in [0.15, 0.2) is 66.9 Å². The molecule has 2 aromatic carbocycles. The number of imidazole rings is 1. The van der Waals surface area contributed by atoms with Crippen LogP contribution in [-0.2, 0) is 0 Å². The molecule has 0 fully saturated rings. The molecule has 1 N–H and O–H groups in total. The fourth-order valence-electron chi connectivity index (χ4n) is 3.09. The molecular formula is C22H18N4O2. The van der Waals surface area contributed by atoms with Gasteiger partial charge in [0.15, 0.2) is 11.4 Å². The smallest absolute Gasteiger partial charge is 0.251 e. The van der Waals surface area contributed by atoms with Gasteiger partial charge in [0.05, 0.1) is 17.6 Å². The molecule has 0 aliphatic heterocycles. The van der Waals surface area contributed by atoms with Crippen molar-refractivity contribution in [1.29, 1.82) is 0 Å². The first-order chi connectivity index (χ1) is 13.6. The minimum Gasteiger partial charge on any atom is -0.355 e. The van der Waals surface area contributed by atoms with Crippen LogP contribution in [-0.4, -0.2) is 33.3 Å². The van der Waals surface area contributed by atoms with Crippen molar-refractivity contribution in [1.82, 2.24) is 19.9 Å². The largest absolute Gasteiger partial charge is 0.355 e. The average molecular weight is 370 g/mol. The highest BCUT2D eigenvalue weighted by Gasteiger charge is 2.11. The van der Waals surface area contributed by atoms with Gasteiger partial charge >= 0.3 is 0 Å². The first-order valence-electron chi connectivity index (χ1n) is 8.85. The van der Waals surface area contributed by atoms with Gasteiger partial charge in [-0.1, -0.05) is 30.3 Å². The Hall–Kier alpha value is -3.80. The van der Waals surface area contributed by atoms with Crippen molar-refractivity contribution in [3.05, 3.63) is 78.0 Å². The van der Waals surface area contributed by atoms with Crippen LogP contribution in [0.3, 0.4) is 0 Å². The molecular weight excluding hydrogens is 352 g/mol. The van der Waals surface area contributed by atoms with Gasteiger partial charge in [-0.15, -0.1) is 0 Å². The fraction of sp³-hybridized carbons (Fsp3) is 0.0909. The van der Waals surface area contributed by atoms with Crippen molar-refractivity contribution in [3.63, 3.8) is 0 Å². The summed E-state index contributed by atoms with van der Waals surface area (Å²) in [5.74, 6) is -0.136. The summed E-state index contributed by atoms with van der Waals surface area (Å²) >= 11 is 0. The third-order valence-corrected chi connectivity index (χ3v) is 4.57. The molecule has 0 spiro atoms. The molecule has 4 aromatic rings. The highest BCUT2D eigenvalue weighted by Crippen LogP contribution is 2.24. The third-order valence-electron chi connectivity index (χ3n) is 4.57. The number of hydrogen-bond acceptors (Lipinski definition) is 4. The molecule has 1 amide bonds. The molecule has 0 saturated carbocycles. The standard InChI is InChI=1S/C22H18N4O2/c1-14(27)15-5-3-7-17(11-15)20-13-24-21-10-9-19(25-26(20)21)16-6-4-8-18(12-16)22(28)23-2/h3-13H,1-2H3,(H,23,28). The van der Waals surface area contributed by atoms with Gasteiger partial charge < -0.3 is 5.32 Å². The summed E-state index contributed by atoms with van der Waals surface area (Å²) in [7, 11) is 1.60. The molecule has 0 radical (unpaired) electrons. The van der Waals surface area contributed by atoms with Gasteiger partial charge in [-0.3, -0.25) is 9.59 Å².